The minimum absolute atomic E-state index is 0.128. The van der Waals surface area contributed by atoms with Gasteiger partial charge in [-0.05, 0) is 73.0 Å². The molecule has 1 aliphatic rings. The van der Waals surface area contributed by atoms with E-state index >= 15 is 0 Å². The molecule has 0 aliphatic carbocycles. The van der Waals surface area contributed by atoms with E-state index in [9.17, 15) is 9.90 Å². The second kappa shape index (κ2) is 9.02. The molecular formula is C30H25N3O4. The second-order valence-electron chi connectivity index (χ2n) is 9.24. The van der Waals surface area contributed by atoms with Gasteiger partial charge in [-0.2, -0.15) is 5.10 Å². The molecule has 1 aliphatic heterocycles. The van der Waals surface area contributed by atoms with Crippen LogP contribution in [-0.4, -0.2) is 26.1 Å². The third-order valence-corrected chi connectivity index (χ3v) is 6.62. The van der Waals surface area contributed by atoms with Crippen molar-refractivity contribution < 1.29 is 19.1 Å². The summed E-state index contributed by atoms with van der Waals surface area (Å²) in [4.78, 5) is 15.4. The molecule has 5 aromatic rings. The molecule has 0 saturated carbocycles. The van der Waals surface area contributed by atoms with Crippen LogP contribution in [0.15, 0.2) is 89.5 Å². The molecule has 184 valence electrons. The molecule has 0 fully saturated rings. The molecule has 1 amide bonds. The van der Waals surface area contributed by atoms with Crippen LogP contribution in [-0.2, 0) is 6.54 Å². The number of aryl methyl sites for hydroxylation is 2. The van der Waals surface area contributed by atoms with Gasteiger partial charge in [0.25, 0.3) is 5.91 Å². The van der Waals surface area contributed by atoms with Crippen LogP contribution in [0, 0.1) is 13.8 Å². The number of aromatic hydroxyl groups is 1. The Labute approximate surface area is 213 Å². The summed E-state index contributed by atoms with van der Waals surface area (Å²) in [5.74, 6) is 1.99. The quantitative estimate of drug-likeness (QED) is 0.282. The number of amides is 1. The smallest absolute Gasteiger partial charge is 0.273 e. The molecule has 2 N–H and O–H groups in total. The Balaban J connectivity index is 1.49. The van der Waals surface area contributed by atoms with Gasteiger partial charge < -0.3 is 19.2 Å². The van der Waals surface area contributed by atoms with Crippen LogP contribution >= 0.6 is 0 Å². The van der Waals surface area contributed by atoms with Crippen molar-refractivity contribution in [1.82, 2.24) is 15.1 Å². The van der Waals surface area contributed by atoms with E-state index in [2.05, 4.69) is 10.2 Å². The summed E-state index contributed by atoms with van der Waals surface area (Å²) in [6.07, 6.45) is 1.60. The number of aromatic amines is 1. The van der Waals surface area contributed by atoms with Crippen molar-refractivity contribution >= 4 is 5.91 Å². The number of ether oxygens (including phenoxy) is 1. The van der Waals surface area contributed by atoms with Crippen LogP contribution in [0.5, 0.6) is 17.2 Å². The summed E-state index contributed by atoms with van der Waals surface area (Å²) in [6, 6.07) is 24.2. The Kier molecular flexibility index (Phi) is 5.53. The van der Waals surface area contributed by atoms with Gasteiger partial charge in [-0.15, -0.1) is 0 Å². The number of H-pyrrole nitrogens is 1. The van der Waals surface area contributed by atoms with Crippen molar-refractivity contribution in [3.8, 4) is 28.5 Å². The molecule has 0 radical (unpaired) electrons. The number of para-hydroxylation sites is 1. The van der Waals surface area contributed by atoms with Gasteiger partial charge in [0.2, 0.25) is 0 Å². The Morgan fingerprint density at radius 2 is 1.81 bits per heavy atom. The fraction of sp³-hybridized carbons (Fsp3) is 0.133. The highest BCUT2D eigenvalue weighted by Gasteiger charge is 2.43. The lowest BCUT2D eigenvalue weighted by Gasteiger charge is -2.26. The van der Waals surface area contributed by atoms with Crippen molar-refractivity contribution in [2.24, 2.45) is 0 Å². The number of rotatable bonds is 6. The van der Waals surface area contributed by atoms with Crippen molar-refractivity contribution in [2.45, 2.75) is 26.4 Å². The number of phenols is 1. The van der Waals surface area contributed by atoms with Crippen LogP contribution < -0.4 is 4.74 Å². The molecule has 2 aromatic heterocycles. The summed E-state index contributed by atoms with van der Waals surface area (Å²) < 4.78 is 11.7. The number of fused-ring (bicyclic) bond motifs is 1. The minimum Gasteiger partial charge on any atom is -0.507 e. The average Bonchev–Trinajstić information content (AvgIpc) is 3.60. The lowest BCUT2D eigenvalue weighted by Crippen LogP contribution is -2.29. The third-order valence-electron chi connectivity index (χ3n) is 6.62. The zero-order chi connectivity index (χ0) is 25.5. The molecule has 3 heterocycles. The molecule has 6 rings (SSSR count). The molecule has 0 saturated heterocycles. The molecule has 3 aromatic carbocycles. The number of carbonyl (C=O) groups excluding carboxylic acids is 1. The van der Waals surface area contributed by atoms with E-state index in [4.69, 9.17) is 9.15 Å². The SMILES string of the molecule is Cc1cc(C)c(-c2n[nH]c3c2C(c2cccc(Oc4ccccc4)c2)N(Cc2ccco2)C3=O)c(O)c1. The van der Waals surface area contributed by atoms with E-state index < -0.39 is 6.04 Å². The zero-order valence-electron chi connectivity index (χ0n) is 20.4. The highest BCUT2D eigenvalue weighted by Crippen LogP contribution is 2.46. The summed E-state index contributed by atoms with van der Waals surface area (Å²) in [5.41, 5.74) is 4.97. The molecule has 7 nitrogen and oxygen atoms in total. The van der Waals surface area contributed by atoms with Crippen LogP contribution in [0.4, 0.5) is 0 Å². The summed E-state index contributed by atoms with van der Waals surface area (Å²) in [6.45, 7) is 4.14. The van der Waals surface area contributed by atoms with E-state index in [0.717, 1.165) is 28.0 Å². The van der Waals surface area contributed by atoms with E-state index in [0.29, 0.717) is 28.5 Å². The number of nitrogens with one attached hydrogen (secondary N) is 1. The maximum atomic E-state index is 13.7. The summed E-state index contributed by atoms with van der Waals surface area (Å²) >= 11 is 0. The first-order valence-corrected chi connectivity index (χ1v) is 12.0. The lowest BCUT2D eigenvalue weighted by atomic mass is 9.93. The van der Waals surface area contributed by atoms with Crippen molar-refractivity contribution in [2.75, 3.05) is 0 Å². The molecule has 37 heavy (non-hydrogen) atoms. The Hall–Kier alpha value is -4.78. The zero-order valence-corrected chi connectivity index (χ0v) is 20.4. The highest BCUT2D eigenvalue weighted by molar-refractivity contribution is 6.00. The van der Waals surface area contributed by atoms with Crippen molar-refractivity contribution in [1.29, 1.82) is 0 Å². The summed E-state index contributed by atoms with van der Waals surface area (Å²) in [7, 11) is 0. The first-order valence-electron chi connectivity index (χ1n) is 12.0. The van der Waals surface area contributed by atoms with Gasteiger partial charge in [-0.3, -0.25) is 9.89 Å². The van der Waals surface area contributed by atoms with E-state index in [1.165, 1.54) is 0 Å². The first-order chi connectivity index (χ1) is 18.0. The number of hydrogen-bond donors (Lipinski definition) is 2. The Bertz CT molecular complexity index is 1570. The lowest BCUT2D eigenvalue weighted by molar-refractivity contribution is 0.0717. The second-order valence-corrected chi connectivity index (χ2v) is 9.24. The van der Waals surface area contributed by atoms with E-state index in [1.807, 2.05) is 80.6 Å². The van der Waals surface area contributed by atoms with Gasteiger partial charge in [0.05, 0.1) is 18.8 Å². The fourth-order valence-corrected chi connectivity index (χ4v) is 5.09. The van der Waals surface area contributed by atoms with Crippen molar-refractivity contribution in [3.63, 3.8) is 0 Å². The molecule has 0 spiro atoms. The molecule has 7 heteroatoms. The molecule has 1 atom stereocenters. The number of benzene rings is 3. The minimum atomic E-state index is -0.472. The predicted octanol–water partition coefficient (Wildman–Crippen LogP) is 6.53. The van der Waals surface area contributed by atoms with Gasteiger partial charge in [-0.25, -0.2) is 0 Å². The Morgan fingerprint density at radius 1 is 1.00 bits per heavy atom. The van der Waals surface area contributed by atoms with Gasteiger partial charge in [0.1, 0.15) is 34.4 Å². The molecule has 1 unspecified atom stereocenters. The van der Waals surface area contributed by atoms with Crippen molar-refractivity contribution in [3.05, 3.63) is 119 Å². The summed E-state index contributed by atoms with van der Waals surface area (Å²) in [5, 5.41) is 18.4. The van der Waals surface area contributed by atoms with Crippen LogP contribution in [0.1, 0.15) is 44.5 Å². The third kappa shape index (κ3) is 4.04. The number of phenolic OH excluding ortho intramolecular Hbond substituents is 1. The van der Waals surface area contributed by atoms with Gasteiger partial charge in [-0.1, -0.05) is 36.4 Å². The number of hydrogen-bond acceptors (Lipinski definition) is 5. The Morgan fingerprint density at radius 3 is 2.57 bits per heavy atom. The van der Waals surface area contributed by atoms with Crippen LogP contribution in [0.3, 0.4) is 0 Å². The van der Waals surface area contributed by atoms with Crippen LogP contribution in [0.2, 0.25) is 0 Å². The molecule has 0 bridgehead atoms. The molecular weight excluding hydrogens is 466 g/mol. The monoisotopic (exact) mass is 491 g/mol. The van der Waals surface area contributed by atoms with Gasteiger partial charge >= 0.3 is 0 Å². The number of carbonyl (C=O) groups is 1. The largest absolute Gasteiger partial charge is 0.507 e. The van der Waals surface area contributed by atoms with Gasteiger partial charge in [0.15, 0.2) is 0 Å². The number of nitrogens with zero attached hydrogens (tertiary/aromatic N) is 2. The first kappa shape index (κ1) is 22.7. The van der Waals surface area contributed by atoms with Crippen LogP contribution in [0.25, 0.3) is 11.3 Å². The normalized spacial score (nSPS) is 14.7. The number of aromatic nitrogens is 2. The standard InChI is InChI=1S/C30H25N3O4/c1-18-14-19(2)25(24(34)15-18)27-26-28(32-31-27)30(35)33(17-23-12-7-13-36-23)29(26)20-8-6-11-22(16-20)37-21-9-4-3-5-10-21/h3-16,29,34H,17H2,1-2H3,(H,31,32). The number of furan rings is 1. The highest BCUT2D eigenvalue weighted by atomic mass is 16.5. The van der Waals surface area contributed by atoms with E-state index in [1.54, 1.807) is 23.3 Å². The predicted molar refractivity (Wildman–Crippen MR) is 139 cm³/mol. The maximum Gasteiger partial charge on any atom is 0.273 e. The van der Waals surface area contributed by atoms with E-state index in [-0.39, 0.29) is 18.2 Å². The topological polar surface area (TPSA) is 91.6 Å². The van der Waals surface area contributed by atoms with Gasteiger partial charge in [0, 0.05) is 11.1 Å². The average molecular weight is 492 g/mol. The fourth-order valence-electron chi connectivity index (χ4n) is 5.09. The maximum absolute atomic E-state index is 13.7.